The maximum absolute atomic E-state index is 12.5. The van der Waals surface area contributed by atoms with Crippen LogP contribution >= 0.6 is 22.9 Å². The van der Waals surface area contributed by atoms with E-state index in [1.165, 1.54) is 24.6 Å². The predicted octanol–water partition coefficient (Wildman–Crippen LogP) is 3.93. The van der Waals surface area contributed by atoms with E-state index in [9.17, 15) is 9.59 Å². The molecule has 1 heterocycles. The van der Waals surface area contributed by atoms with Crippen molar-refractivity contribution in [3.05, 3.63) is 40.4 Å². The van der Waals surface area contributed by atoms with Crippen LogP contribution in [-0.2, 0) is 9.53 Å². The SMILES string of the molecule is CCCC(C)(NC(=O)c1cnc(-c2ccccc2Cl)s1)C(=O)OC. The third kappa shape index (κ3) is 3.94. The molecule has 24 heavy (non-hydrogen) atoms. The highest BCUT2D eigenvalue weighted by molar-refractivity contribution is 7.17. The molecular weight excluding hydrogens is 348 g/mol. The van der Waals surface area contributed by atoms with Crippen LogP contribution in [0.25, 0.3) is 10.6 Å². The number of amides is 1. The lowest BCUT2D eigenvalue weighted by Gasteiger charge is -2.27. The molecular formula is C17H19ClN2O3S. The zero-order valence-electron chi connectivity index (χ0n) is 13.8. The van der Waals surface area contributed by atoms with Crippen molar-refractivity contribution >= 4 is 34.8 Å². The number of nitrogens with one attached hydrogen (secondary N) is 1. The smallest absolute Gasteiger partial charge is 0.331 e. The number of esters is 1. The van der Waals surface area contributed by atoms with Gasteiger partial charge < -0.3 is 10.1 Å². The molecule has 1 aromatic carbocycles. The molecule has 0 fully saturated rings. The average molecular weight is 367 g/mol. The molecule has 1 N–H and O–H groups in total. The van der Waals surface area contributed by atoms with Gasteiger partial charge in [0, 0.05) is 5.56 Å². The minimum atomic E-state index is -1.06. The number of aromatic nitrogens is 1. The zero-order chi connectivity index (χ0) is 17.7. The summed E-state index contributed by atoms with van der Waals surface area (Å²) in [5, 5.41) is 3.99. The van der Waals surface area contributed by atoms with Gasteiger partial charge in [0.2, 0.25) is 0 Å². The summed E-state index contributed by atoms with van der Waals surface area (Å²) in [4.78, 5) is 29.2. The Labute approximate surface area is 150 Å². The van der Waals surface area contributed by atoms with E-state index in [1.807, 2.05) is 25.1 Å². The molecule has 0 saturated heterocycles. The van der Waals surface area contributed by atoms with Crippen LogP contribution in [0.5, 0.6) is 0 Å². The summed E-state index contributed by atoms with van der Waals surface area (Å²) in [6.45, 7) is 3.60. The molecule has 1 amide bonds. The average Bonchev–Trinajstić information content (AvgIpc) is 3.04. The summed E-state index contributed by atoms with van der Waals surface area (Å²) in [6, 6.07) is 7.31. The van der Waals surface area contributed by atoms with Gasteiger partial charge in [-0.2, -0.15) is 0 Å². The van der Waals surface area contributed by atoms with Crippen LogP contribution < -0.4 is 5.32 Å². The van der Waals surface area contributed by atoms with Gasteiger partial charge in [0.1, 0.15) is 15.4 Å². The van der Waals surface area contributed by atoms with E-state index in [4.69, 9.17) is 16.3 Å². The fourth-order valence-corrected chi connectivity index (χ4v) is 3.52. The largest absolute Gasteiger partial charge is 0.467 e. The molecule has 0 radical (unpaired) electrons. The number of hydrogen-bond donors (Lipinski definition) is 1. The molecule has 5 nitrogen and oxygen atoms in total. The standard InChI is InChI=1S/C17H19ClN2O3S/c1-4-9-17(2,16(22)23-3)20-14(21)13-10-19-15(24-13)11-7-5-6-8-12(11)18/h5-8,10H,4,9H2,1-3H3,(H,20,21). The van der Waals surface area contributed by atoms with E-state index < -0.39 is 11.5 Å². The number of benzene rings is 1. The molecule has 1 unspecified atom stereocenters. The van der Waals surface area contributed by atoms with Crippen molar-refractivity contribution in [2.24, 2.45) is 0 Å². The van der Waals surface area contributed by atoms with E-state index in [0.717, 1.165) is 12.0 Å². The van der Waals surface area contributed by atoms with E-state index in [2.05, 4.69) is 10.3 Å². The molecule has 2 rings (SSSR count). The van der Waals surface area contributed by atoms with Crippen LogP contribution in [0.1, 0.15) is 36.4 Å². The lowest BCUT2D eigenvalue weighted by molar-refractivity contribution is -0.147. The van der Waals surface area contributed by atoms with Gasteiger partial charge in [-0.1, -0.05) is 43.1 Å². The Kier molecular flexibility index (Phi) is 5.96. The minimum Gasteiger partial charge on any atom is -0.467 e. The highest BCUT2D eigenvalue weighted by Crippen LogP contribution is 2.31. The second kappa shape index (κ2) is 7.77. The first kappa shape index (κ1) is 18.4. The number of methoxy groups -OCH3 is 1. The first-order valence-corrected chi connectivity index (χ1v) is 8.72. The molecule has 0 aliphatic rings. The van der Waals surface area contributed by atoms with Gasteiger partial charge in [-0.15, -0.1) is 11.3 Å². The van der Waals surface area contributed by atoms with Gasteiger partial charge in [0.05, 0.1) is 18.3 Å². The van der Waals surface area contributed by atoms with Crippen molar-refractivity contribution < 1.29 is 14.3 Å². The Hall–Kier alpha value is -1.92. The Morgan fingerprint density at radius 2 is 2.08 bits per heavy atom. The van der Waals surface area contributed by atoms with Crippen LogP contribution in [0.3, 0.4) is 0 Å². The number of nitrogens with zero attached hydrogens (tertiary/aromatic N) is 1. The van der Waals surface area contributed by atoms with Gasteiger partial charge in [0.25, 0.3) is 5.91 Å². The fourth-order valence-electron chi connectivity index (χ4n) is 2.39. The van der Waals surface area contributed by atoms with E-state index >= 15 is 0 Å². The first-order valence-electron chi connectivity index (χ1n) is 7.53. The summed E-state index contributed by atoms with van der Waals surface area (Å²) in [7, 11) is 1.31. The molecule has 0 spiro atoms. The van der Waals surface area contributed by atoms with Crippen LogP contribution in [0.2, 0.25) is 5.02 Å². The summed E-state index contributed by atoms with van der Waals surface area (Å²) in [5.74, 6) is -0.819. The van der Waals surface area contributed by atoms with Crippen LogP contribution in [0.4, 0.5) is 0 Å². The van der Waals surface area contributed by atoms with Gasteiger partial charge >= 0.3 is 5.97 Å². The highest BCUT2D eigenvalue weighted by atomic mass is 35.5. The van der Waals surface area contributed by atoms with Crippen molar-refractivity contribution in [2.75, 3.05) is 7.11 Å². The zero-order valence-corrected chi connectivity index (χ0v) is 15.3. The fraction of sp³-hybridized carbons (Fsp3) is 0.353. The number of carbonyl (C=O) groups is 2. The van der Waals surface area contributed by atoms with Crippen molar-refractivity contribution in [1.29, 1.82) is 0 Å². The van der Waals surface area contributed by atoms with Gasteiger partial charge in [-0.3, -0.25) is 4.79 Å². The topological polar surface area (TPSA) is 68.3 Å². The Balaban J connectivity index is 2.22. The first-order chi connectivity index (χ1) is 11.4. The maximum atomic E-state index is 12.5. The van der Waals surface area contributed by atoms with Crippen molar-refractivity contribution in [3.8, 4) is 10.6 Å². The molecule has 2 aromatic rings. The molecule has 1 aromatic heterocycles. The summed E-state index contributed by atoms with van der Waals surface area (Å²) in [5.41, 5.74) is -0.290. The number of carbonyl (C=O) groups excluding carboxylic acids is 2. The Morgan fingerprint density at radius 1 is 1.38 bits per heavy atom. The third-order valence-electron chi connectivity index (χ3n) is 3.61. The van der Waals surface area contributed by atoms with Crippen LogP contribution in [0, 0.1) is 0 Å². The minimum absolute atomic E-state index is 0.354. The Morgan fingerprint density at radius 3 is 2.71 bits per heavy atom. The van der Waals surface area contributed by atoms with Crippen molar-refractivity contribution in [1.82, 2.24) is 10.3 Å². The van der Waals surface area contributed by atoms with Gasteiger partial charge in [-0.25, -0.2) is 9.78 Å². The summed E-state index contributed by atoms with van der Waals surface area (Å²) >= 11 is 7.39. The predicted molar refractivity (Wildman–Crippen MR) is 95.4 cm³/mol. The number of thiazole rings is 1. The van der Waals surface area contributed by atoms with Crippen molar-refractivity contribution in [3.63, 3.8) is 0 Å². The molecule has 0 aliphatic heterocycles. The molecule has 128 valence electrons. The second-order valence-electron chi connectivity index (χ2n) is 5.54. The Bertz CT molecular complexity index is 747. The maximum Gasteiger partial charge on any atom is 0.331 e. The van der Waals surface area contributed by atoms with Gasteiger partial charge in [-0.05, 0) is 19.4 Å². The number of halogens is 1. The molecule has 1 atom stereocenters. The summed E-state index contributed by atoms with van der Waals surface area (Å²) < 4.78 is 4.81. The highest BCUT2D eigenvalue weighted by Gasteiger charge is 2.35. The normalized spacial score (nSPS) is 13.2. The lowest BCUT2D eigenvalue weighted by atomic mass is 9.96. The van der Waals surface area contributed by atoms with E-state index in [0.29, 0.717) is 21.3 Å². The number of hydrogen-bond acceptors (Lipinski definition) is 5. The van der Waals surface area contributed by atoms with E-state index in [1.54, 1.807) is 13.0 Å². The van der Waals surface area contributed by atoms with Crippen LogP contribution in [-0.4, -0.2) is 29.5 Å². The molecule has 0 aliphatic carbocycles. The second-order valence-corrected chi connectivity index (χ2v) is 6.98. The number of rotatable bonds is 6. The lowest BCUT2D eigenvalue weighted by Crippen LogP contribution is -2.52. The molecule has 7 heteroatoms. The quantitative estimate of drug-likeness (QED) is 0.786. The summed E-state index contributed by atoms with van der Waals surface area (Å²) in [6.07, 6.45) is 2.71. The third-order valence-corrected chi connectivity index (χ3v) is 4.97. The van der Waals surface area contributed by atoms with E-state index in [-0.39, 0.29) is 5.91 Å². The molecule has 0 saturated carbocycles. The monoisotopic (exact) mass is 366 g/mol. The molecule has 0 bridgehead atoms. The van der Waals surface area contributed by atoms with Crippen LogP contribution in [0.15, 0.2) is 30.5 Å². The van der Waals surface area contributed by atoms with Gasteiger partial charge in [0.15, 0.2) is 0 Å². The number of ether oxygens (including phenoxy) is 1. The van der Waals surface area contributed by atoms with Crippen molar-refractivity contribution in [2.45, 2.75) is 32.2 Å².